The molecule has 1 aromatic carbocycles. The van der Waals surface area contributed by atoms with E-state index in [1.165, 1.54) is 0 Å². The van der Waals surface area contributed by atoms with Gasteiger partial charge in [0.05, 0.1) is 5.92 Å². The lowest BCUT2D eigenvalue weighted by Gasteiger charge is -2.10. The van der Waals surface area contributed by atoms with Gasteiger partial charge in [-0.25, -0.2) is 0 Å². The number of hydrogen-bond donors (Lipinski definition) is 1. The average molecular weight is 213 g/mol. The van der Waals surface area contributed by atoms with Crippen LogP contribution in [-0.2, 0) is 4.79 Å². The molecule has 1 N–H and O–H groups in total. The molecule has 1 aliphatic rings. The van der Waals surface area contributed by atoms with E-state index in [2.05, 4.69) is 6.58 Å². The molecular formula is C14H15NO. The highest BCUT2D eigenvalue weighted by Crippen LogP contribution is 2.33. The molecule has 2 rings (SSSR count). The van der Waals surface area contributed by atoms with Gasteiger partial charge in [0.15, 0.2) is 5.78 Å². The maximum atomic E-state index is 12.0. The minimum Gasteiger partial charge on any atom is -0.309 e. The van der Waals surface area contributed by atoms with E-state index < -0.39 is 0 Å². The van der Waals surface area contributed by atoms with Gasteiger partial charge in [0.25, 0.3) is 0 Å². The van der Waals surface area contributed by atoms with E-state index >= 15 is 0 Å². The molecule has 16 heavy (non-hydrogen) atoms. The van der Waals surface area contributed by atoms with E-state index in [0.29, 0.717) is 12.1 Å². The zero-order valence-corrected chi connectivity index (χ0v) is 9.36. The summed E-state index contributed by atoms with van der Waals surface area (Å²) in [5, 5.41) is 7.91. The standard InChI is InChI=1S/C14H15NO/c1-3-10-8-12(15)13(14(10)16)11-6-4-5-9(2)7-11/h3-7,10,13,15H,1,8H2,2H3. The van der Waals surface area contributed by atoms with Gasteiger partial charge < -0.3 is 5.41 Å². The molecule has 0 aromatic heterocycles. The van der Waals surface area contributed by atoms with E-state index in [4.69, 9.17) is 5.41 Å². The normalized spacial score (nSPS) is 24.8. The van der Waals surface area contributed by atoms with E-state index in [1.54, 1.807) is 6.08 Å². The molecule has 82 valence electrons. The van der Waals surface area contributed by atoms with Crippen LogP contribution in [0.15, 0.2) is 36.9 Å². The summed E-state index contributed by atoms with van der Waals surface area (Å²) in [7, 11) is 0. The molecule has 2 atom stereocenters. The highest BCUT2D eigenvalue weighted by molar-refractivity contribution is 6.16. The van der Waals surface area contributed by atoms with Crippen LogP contribution < -0.4 is 0 Å². The van der Waals surface area contributed by atoms with Crippen LogP contribution in [0.5, 0.6) is 0 Å². The zero-order valence-electron chi connectivity index (χ0n) is 9.36. The second-order valence-electron chi connectivity index (χ2n) is 4.32. The van der Waals surface area contributed by atoms with Crippen molar-refractivity contribution in [3.63, 3.8) is 0 Å². The van der Waals surface area contributed by atoms with Crippen LogP contribution in [0, 0.1) is 18.3 Å². The monoisotopic (exact) mass is 213 g/mol. The van der Waals surface area contributed by atoms with Gasteiger partial charge in [-0.05, 0) is 18.9 Å². The van der Waals surface area contributed by atoms with Crippen molar-refractivity contribution >= 4 is 11.5 Å². The molecule has 0 saturated heterocycles. The molecule has 2 nitrogen and oxygen atoms in total. The fourth-order valence-electron chi connectivity index (χ4n) is 2.26. The number of allylic oxidation sites excluding steroid dienone is 1. The van der Waals surface area contributed by atoms with Gasteiger partial charge >= 0.3 is 0 Å². The third kappa shape index (κ3) is 1.71. The van der Waals surface area contributed by atoms with Gasteiger partial charge in [0, 0.05) is 11.6 Å². The Morgan fingerprint density at radius 1 is 1.50 bits per heavy atom. The summed E-state index contributed by atoms with van der Waals surface area (Å²) in [5.41, 5.74) is 2.58. The number of hydrogen-bond acceptors (Lipinski definition) is 2. The molecule has 2 unspecified atom stereocenters. The molecule has 0 aliphatic heterocycles. The lowest BCUT2D eigenvalue weighted by molar-refractivity contribution is -0.120. The molecule has 0 amide bonds. The van der Waals surface area contributed by atoms with Crippen LogP contribution in [0.2, 0.25) is 0 Å². The Bertz CT molecular complexity index is 462. The van der Waals surface area contributed by atoms with Crippen molar-refractivity contribution in [2.75, 3.05) is 0 Å². The molecule has 1 fully saturated rings. The summed E-state index contributed by atoms with van der Waals surface area (Å²) in [6.45, 7) is 5.65. The van der Waals surface area contributed by atoms with E-state index in [-0.39, 0.29) is 17.6 Å². The number of aryl methyl sites for hydroxylation is 1. The van der Waals surface area contributed by atoms with Crippen molar-refractivity contribution in [3.8, 4) is 0 Å². The molecular weight excluding hydrogens is 198 g/mol. The maximum Gasteiger partial charge on any atom is 0.153 e. The smallest absolute Gasteiger partial charge is 0.153 e. The summed E-state index contributed by atoms with van der Waals surface area (Å²) in [5.74, 6) is -0.397. The quantitative estimate of drug-likeness (QED) is 0.754. The molecule has 0 heterocycles. The molecule has 1 aromatic rings. The third-order valence-corrected chi connectivity index (χ3v) is 3.10. The molecule has 0 radical (unpaired) electrons. The topological polar surface area (TPSA) is 40.9 Å². The van der Waals surface area contributed by atoms with Gasteiger partial charge in [-0.15, -0.1) is 6.58 Å². The summed E-state index contributed by atoms with van der Waals surface area (Å²) in [4.78, 5) is 12.0. The average Bonchev–Trinajstić information content (AvgIpc) is 2.53. The molecule has 1 saturated carbocycles. The van der Waals surface area contributed by atoms with Crippen LogP contribution in [-0.4, -0.2) is 11.5 Å². The van der Waals surface area contributed by atoms with E-state index in [1.807, 2.05) is 31.2 Å². The maximum absolute atomic E-state index is 12.0. The predicted octanol–water partition coefficient (Wildman–Crippen LogP) is 2.87. The first-order valence-corrected chi connectivity index (χ1v) is 5.43. The Hall–Kier alpha value is -1.70. The second kappa shape index (κ2) is 4.05. The Labute approximate surface area is 95.5 Å². The Morgan fingerprint density at radius 3 is 2.81 bits per heavy atom. The van der Waals surface area contributed by atoms with Crippen molar-refractivity contribution < 1.29 is 4.79 Å². The number of rotatable bonds is 2. The summed E-state index contributed by atoms with van der Waals surface area (Å²) in [6.07, 6.45) is 2.19. The van der Waals surface area contributed by atoms with Gasteiger partial charge in [0.2, 0.25) is 0 Å². The number of nitrogens with one attached hydrogen (secondary N) is 1. The molecule has 0 spiro atoms. The number of benzene rings is 1. The lowest BCUT2D eigenvalue weighted by Crippen LogP contribution is -2.14. The first-order chi connectivity index (χ1) is 7.63. The van der Waals surface area contributed by atoms with Crippen LogP contribution >= 0.6 is 0 Å². The second-order valence-corrected chi connectivity index (χ2v) is 4.32. The van der Waals surface area contributed by atoms with Gasteiger partial charge in [-0.1, -0.05) is 35.9 Å². The minimum atomic E-state index is -0.345. The van der Waals surface area contributed by atoms with Gasteiger partial charge in [0.1, 0.15) is 0 Å². The van der Waals surface area contributed by atoms with Crippen LogP contribution in [0.25, 0.3) is 0 Å². The van der Waals surface area contributed by atoms with Gasteiger partial charge in [-0.3, -0.25) is 4.79 Å². The predicted molar refractivity (Wildman–Crippen MR) is 65.0 cm³/mol. The highest BCUT2D eigenvalue weighted by atomic mass is 16.1. The highest BCUT2D eigenvalue weighted by Gasteiger charge is 2.37. The fourth-order valence-corrected chi connectivity index (χ4v) is 2.26. The van der Waals surface area contributed by atoms with E-state index in [9.17, 15) is 4.79 Å². The Morgan fingerprint density at radius 2 is 2.25 bits per heavy atom. The van der Waals surface area contributed by atoms with Crippen LogP contribution in [0.1, 0.15) is 23.5 Å². The summed E-state index contributed by atoms with van der Waals surface area (Å²) >= 11 is 0. The van der Waals surface area contributed by atoms with Crippen molar-refractivity contribution in [2.45, 2.75) is 19.3 Å². The van der Waals surface area contributed by atoms with Crippen molar-refractivity contribution in [2.24, 2.45) is 5.92 Å². The first-order valence-electron chi connectivity index (χ1n) is 5.43. The molecule has 2 heteroatoms. The molecule has 0 bridgehead atoms. The third-order valence-electron chi connectivity index (χ3n) is 3.10. The summed E-state index contributed by atoms with van der Waals surface area (Å²) in [6, 6.07) is 7.85. The summed E-state index contributed by atoms with van der Waals surface area (Å²) < 4.78 is 0. The first kappa shape index (κ1) is 10.8. The van der Waals surface area contributed by atoms with Crippen LogP contribution in [0.4, 0.5) is 0 Å². The van der Waals surface area contributed by atoms with Crippen molar-refractivity contribution in [3.05, 3.63) is 48.0 Å². The largest absolute Gasteiger partial charge is 0.309 e. The van der Waals surface area contributed by atoms with Crippen molar-refractivity contribution in [1.82, 2.24) is 0 Å². The van der Waals surface area contributed by atoms with Crippen LogP contribution in [0.3, 0.4) is 0 Å². The molecule has 1 aliphatic carbocycles. The zero-order chi connectivity index (χ0) is 11.7. The fraction of sp³-hybridized carbons (Fsp3) is 0.286. The van der Waals surface area contributed by atoms with E-state index in [0.717, 1.165) is 11.1 Å². The van der Waals surface area contributed by atoms with Gasteiger partial charge in [-0.2, -0.15) is 0 Å². The Kier molecular flexibility index (Phi) is 2.73. The van der Waals surface area contributed by atoms with Crippen molar-refractivity contribution in [1.29, 1.82) is 5.41 Å². The number of carbonyl (C=O) groups is 1. The Balaban J connectivity index is 2.38. The number of carbonyl (C=O) groups excluding carboxylic acids is 1. The number of ketones is 1. The lowest BCUT2D eigenvalue weighted by atomic mass is 9.93. The number of Topliss-reactive ketones (excluding diaryl/α,β-unsaturated/α-hetero) is 1. The SMILES string of the molecule is C=CC1CC(=N)C(c2cccc(C)c2)C1=O. The minimum absolute atomic E-state index is 0.116.